The van der Waals surface area contributed by atoms with Crippen molar-refractivity contribution in [3.8, 4) is 6.07 Å². The lowest BCUT2D eigenvalue weighted by Gasteiger charge is -2.11. The summed E-state index contributed by atoms with van der Waals surface area (Å²) in [6.45, 7) is 4.14. The molecule has 0 spiro atoms. The van der Waals surface area contributed by atoms with Crippen LogP contribution in [-0.4, -0.2) is 5.78 Å². The molecule has 0 amide bonds. The number of nitriles is 1. The third-order valence-corrected chi connectivity index (χ3v) is 1.98. The van der Waals surface area contributed by atoms with Crippen LogP contribution in [0.1, 0.15) is 46.0 Å². The molecule has 0 saturated heterocycles. The number of carbonyl (C=O) groups excluding carboxylic acids is 1. The van der Waals surface area contributed by atoms with Gasteiger partial charge in [-0.1, -0.05) is 26.7 Å². The highest BCUT2D eigenvalue weighted by atomic mass is 16.1. The van der Waals surface area contributed by atoms with E-state index in [1.807, 2.05) is 6.07 Å². The van der Waals surface area contributed by atoms with Crippen molar-refractivity contribution in [1.29, 1.82) is 5.26 Å². The topological polar surface area (TPSA) is 40.9 Å². The van der Waals surface area contributed by atoms with Crippen LogP contribution in [-0.2, 0) is 4.79 Å². The van der Waals surface area contributed by atoms with Crippen molar-refractivity contribution in [3.05, 3.63) is 0 Å². The van der Waals surface area contributed by atoms with Crippen LogP contribution in [0.4, 0.5) is 0 Å². The lowest BCUT2D eigenvalue weighted by molar-refractivity contribution is -0.122. The summed E-state index contributed by atoms with van der Waals surface area (Å²) < 4.78 is 0. The largest absolute Gasteiger partial charge is 0.298 e. The predicted octanol–water partition coefficient (Wildman–Crippen LogP) is 2.69. The third-order valence-electron chi connectivity index (χ3n) is 1.98. The van der Waals surface area contributed by atoms with Crippen LogP contribution in [0.25, 0.3) is 0 Å². The molecule has 0 aliphatic heterocycles. The SMILES string of the molecule is CCCC(CCC)C(=O)CC#N. The summed E-state index contributed by atoms with van der Waals surface area (Å²) in [7, 11) is 0. The van der Waals surface area contributed by atoms with Crippen LogP contribution in [0.15, 0.2) is 0 Å². The molecule has 68 valence electrons. The minimum atomic E-state index is 0.0880. The van der Waals surface area contributed by atoms with E-state index in [0.717, 1.165) is 25.7 Å². The molecule has 0 aromatic carbocycles. The fourth-order valence-electron chi connectivity index (χ4n) is 1.39. The molecule has 0 fully saturated rings. The zero-order valence-electron chi connectivity index (χ0n) is 7.97. The second kappa shape index (κ2) is 6.84. The first-order valence-electron chi connectivity index (χ1n) is 4.65. The minimum Gasteiger partial charge on any atom is -0.298 e. The molecule has 0 N–H and O–H groups in total. The predicted molar refractivity (Wildman–Crippen MR) is 48.5 cm³/mol. The molecular weight excluding hydrogens is 150 g/mol. The minimum absolute atomic E-state index is 0.0880. The van der Waals surface area contributed by atoms with Crippen LogP contribution in [0.3, 0.4) is 0 Å². The molecule has 2 nitrogen and oxygen atoms in total. The average Bonchev–Trinajstić information content (AvgIpc) is 2.04. The first-order valence-corrected chi connectivity index (χ1v) is 4.65. The third kappa shape index (κ3) is 4.12. The standard InChI is InChI=1S/C10H17NO/c1-3-5-9(6-4-2)10(12)7-8-11/h9H,3-7H2,1-2H3. The molecule has 12 heavy (non-hydrogen) atoms. The fraction of sp³-hybridized carbons (Fsp3) is 0.800. The van der Waals surface area contributed by atoms with Gasteiger partial charge in [-0.3, -0.25) is 4.79 Å². The summed E-state index contributed by atoms with van der Waals surface area (Å²) in [5.74, 6) is 0.265. The van der Waals surface area contributed by atoms with Crippen LogP contribution in [0.2, 0.25) is 0 Å². The molecular formula is C10H17NO. The molecule has 0 aliphatic carbocycles. The Hall–Kier alpha value is -0.840. The van der Waals surface area contributed by atoms with Gasteiger partial charge in [0.15, 0.2) is 0 Å². The van der Waals surface area contributed by atoms with Gasteiger partial charge >= 0.3 is 0 Å². The van der Waals surface area contributed by atoms with Crippen LogP contribution in [0.5, 0.6) is 0 Å². The molecule has 0 aromatic rings. The summed E-state index contributed by atoms with van der Waals surface area (Å²) >= 11 is 0. The molecule has 0 saturated carbocycles. The zero-order valence-corrected chi connectivity index (χ0v) is 7.97. The molecule has 0 atom stereocenters. The number of Topliss-reactive ketones (excluding diaryl/α,β-unsaturated/α-hetero) is 1. The molecule has 0 unspecified atom stereocenters. The van der Waals surface area contributed by atoms with Crippen molar-refractivity contribution in [2.24, 2.45) is 5.92 Å². The Morgan fingerprint density at radius 2 is 1.83 bits per heavy atom. The van der Waals surface area contributed by atoms with Crippen molar-refractivity contribution < 1.29 is 4.79 Å². The van der Waals surface area contributed by atoms with Gasteiger partial charge in [0.2, 0.25) is 0 Å². The van der Waals surface area contributed by atoms with Gasteiger partial charge in [-0.05, 0) is 12.8 Å². The number of rotatable bonds is 6. The van der Waals surface area contributed by atoms with Gasteiger partial charge in [0, 0.05) is 5.92 Å². The van der Waals surface area contributed by atoms with E-state index in [2.05, 4.69) is 13.8 Å². The maximum absolute atomic E-state index is 11.3. The monoisotopic (exact) mass is 167 g/mol. The van der Waals surface area contributed by atoms with E-state index in [9.17, 15) is 4.79 Å². The van der Waals surface area contributed by atoms with Gasteiger partial charge in [0.1, 0.15) is 5.78 Å². The van der Waals surface area contributed by atoms with E-state index < -0.39 is 0 Å². The van der Waals surface area contributed by atoms with Crippen molar-refractivity contribution in [3.63, 3.8) is 0 Å². The number of hydrogen-bond donors (Lipinski definition) is 0. The molecule has 0 rings (SSSR count). The van der Waals surface area contributed by atoms with Gasteiger partial charge in [0.05, 0.1) is 12.5 Å². The zero-order chi connectivity index (χ0) is 9.40. The van der Waals surface area contributed by atoms with E-state index >= 15 is 0 Å². The van der Waals surface area contributed by atoms with E-state index in [1.165, 1.54) is 0 Å². The van der Waals surface area contributed by atoms with Gasteiger partial charge in [-0.2, -0.15) is 5.26 Å². The first-order chi connectivity index (χ1) is 5.76. The van der Waals surface area contributed by atoms with Crippen LogP contribution in [0, 0.1) is 17.2 Å². The summed E-state index contributed by atoms with van der Waals surface area (Å²) in [5, 5.41) is 8.35. The summed E-state index contributed by atoms with van der Waals surface area (Å²) in [6.07, 6.45) is 4.02. The molecule has 0 bridgehead atoms. The summed E-state index contributed by atoms with van der Waals surface area (Å²) in [4.78, 5) is 11.3. The quantitative estimate of drug-likeness (QED) is 0.610. The Balaban J connectivity index is 3.92. The number of hydrogen-bond acceptors (Lipinski definition) is 2. The van der Waals surface area contributed by atoms with E-state index in [1.54, 1.807) is 0 Å². The Bertz CT molecular complexity index is 163. The maximum atomic E-state index is 11.3. The van der Waals surface area contributed by atoms with Gasteiger partial charge in [-0.15, -0.1) is 0 Å². The number of ketones is 1. The number of nitrogens with zero attached hydrogens (tertiary/aromatic N) is 1. The summed E-state index contributed by atoms with van der Waals surface area (Å²) in [5.41, 5.74) is 0. The van der Waals surface area contributed by atoms with Gasteiger partial charge in [-0.25, -0.2) is 0 Å². The van der Waals surface area contributed by atoms with Crippen molar-refractivity contribution in [2.45, 2.75) is 46.0 Å². The van der Waals surface area contributed by atoms with Crippen molar-refractivity contribution in [2.75, 3.05) is 0 Å². The molecule has 0 aliphatic rings. The molecule has 0 radical (unpaired) electrons. The van der Waals surface area contributed by atoms with Gasteiger partial charge in [0.25, 0.3) is 0 Å². The highest BCUT2D eigenvalue weighted by molar-refractivity contribution is 5.82. The van der Waals surface area contributed by atoms with Crippen LogP contribution >= 0.6 is 0 Å². The van der Waals surface area contributed by atoms with Crippen molar-refractivity contribution in [1.82, 2.24) is 0 Å². The lowest BCUT2D eigenvalue weighted by atomic mass is 9.92. The lowest BCUT2D eigenvalue weighted by Crippen LogP contribution is -2.13. The molecule has 0 heterocycles. The highest BCUT2D eigenvalue weighted by Gasteiger charge is 2.15. The molecule has 0 aromatic heterocycles. The smallest absolute Gasteiger partial charge is 0.149 e. The van der Waals surface area contributed by atoms with Crippen LogP contribution < -0.4 is 0 Å². The second-order valence-electron chi connectivity index (χ2n) is 3.08. The van der Waals surface area contributed by atoms with E-state index in [4.69, 9.17) is 5.26 Å². The van der Waals surface area contributed by atoms with Crippen molar-refractivity contribution >= 4 is 5.78 Å². The molecule has 2 heteroatoms. The Kier molecular flexibility index (Phi) is 6.37. The first kappa shape index (κ1) is 11.2. The van der Waals surface area contributed by atoms with E-state index in [-0.39, 0.29) is 18.1 Å². The Labute approximate surface area is 74.6 Å². The van der Waals surface area contributed by atoms with Gasteiger partial charge < -0.3 is 0 Å². The van der Waals surface area contributed by atoms with E-state index in [0.29, 0.717) is 0 Å². The normalized spacial score (nSPS) is 9.83. The average molecular weight is 167 g/mol. The Morgan fingerprint density at radius 3 is 2.17 bits per heavy atom. The fourth-order valence-corrected chi connectivity index (χ4v) is 1.39. The Morgan fingerprint density at radius 1 is 1.33 bits per heavy atom. The maximum Gasteiger partial charge on any atom is 0.149 e. The number of carbonyl (C=O) groups is 1. The summed E-state index contributed by atoms with van der Waals surface area (Å²) in [6, 6.07) is 1.92. The highest BCUT2D eigenvalue weighted by Crippen LogP contribution is 2.15. The second-order valence-corrected chi connectivity index (χ2v) is 3.08.